The standard InChI is InChI=1S/C22H35N5O.HI/c1-2-23-22(24-13-17-26-14-5-3-4-6-15-26)25-18-19-9-11-20(12-10-19)27-16-7-8-21(27)28;/h9-12H,2-8,13-18H2,1H3,(H2,23,24,25);1H. The van der Waals surface area contributed by atoms with Crippen molar-refractivity contribution in [3.8, 4) is 0 Å². The van der Waals surface area contributed by atoms with Gasteiger partial charge >= 0.3 is 0 Å². The van der Waals surface area contributed by atoms with E-state index in [-0.39, 0.29) is 29.9 Å². The van der Waals surface area contributed by atoms with E-state index < -0.39 is 0 Å². The minimum absolute atomic E-state index is 0. The number of carbonyl (C=O) groups is 1. The molecule has 1 aromatic rings. The van der Waals surface area contributed by atoms with Crippen molar-refractivity contribution in [2.75, 3.05) is 44.2 Å². The molecule has 2 fully saturated rings. The Hall–Kier alpha value is -1.35. The smallest absolute Gasteiger partial charge is 0.227 e. The average molecular weight is 513 g/mol. The highest BCUT2D eigenvalue weighted by atomic mass is 127. The number of benzene rings is 1. The number of likely N-dealkylation sites (tertiary alicyclic amines) is 1. The number of rotatable bonds is 7. The minimum Gasteiger partial charge on any atom is -0.357 e. The second-order valence-electron chi connectivity index (χ2n) is 7.69. The molecular weight excluding hydrogens is 477 g/mol. The molecular formula is C22H36IN5O. The monoisotopic (exact) mass is 513 g/mol. The van der Waals surface area contributed by atoms with Gasteiger partial charge in [-0.05, 0) is 57.0 Å². The number of carbonyl (C=O) groups excluding carboxylic acids is 1. The van der Waals surface area contributed by atoms with E-state index in [0.29, 0.717) is 13.0 Å². The predicted molar refractivity (Wildman–Crippen MR) is 131 cm³/mol. The first-order valence-electron chi connectivity index (χ1n) is 10.9. The molecule has 0 atom stereocenters. The van der Waals surface area contributed by atoms with Crippen molar-refractivity contribution in [3.05, 3.63) is 29.8 Å². The Kier molecular flexibility index (Phi) is 10.8. The van der Waals surface area contributed by atoms with Crippen molar-refractivity contribution in [2.45, 2.75) is 52.0 Å². The van der Waals surface area contributed by atoms with Gasteiger partial charge in [0.25, 0.3) is 0 Å². The molecule has 2 heterocycles. The van der Waals surface area contributed by atoms with Crippen LogP contribution >= 0.6 is 24.0 Å². The summed E-state index contributed by atoms with van der Waals surface area (Å²) in [7, 11) is 0. The normalized spacial score (nSPS) is 18.3. The SMILES string of the molecule is CCNC(=NCc1ccc(N2CCCC2=O)cc1)NCCN1CCCCCC1.I. The van der Waals surface area contributed by atoms with E-state index >= 15 is 0 Å². The van der Waals surface area contributed by atoms with Gasteiger partial charge in [-0.15, -0.1) is 24.0 Å². The fraction of sp³-hybridized carbons (Fsp3) is 0.636. The van der Waals surface area contributed by atoms with E-state index in [0.717, 1.165) is 49.8 Å². The van der Waals surface area contributed by atoms with Gasteiger partial charge < -0.3 is 20.4 Å². The molecule has 2 aliphatic rings. The van der Waals surface area contributed by atoms with Crippen molar-refractivity contribution in [1.82, 2.24) is 15.5 Å². The summed E-state index contributed by atoms with van der Waals surface area (Å²) in [5.41, 5.74) is 2.15. The van der Waals surface area contributed by atoms with Crippen molar-refractivity contribution in [1.29, 1.82) is 0 Å². The van der Waals surface area contributed by atoms with Gasteiger partial charge in [-0.2, -0.15) is 0 Å². The molecule has 0 saturated carbocycles. The molecule has 2 aliphatic heterocycles. The number of anilines is 1. The molecule has 2 N–H and O–H groups in total. The van der Waals surface area contributed by atoms with Gasteiger partial charge in [0.15, 0.2) is 5.96 Å². The largest absolute Gasteiger partial charge is 0.357 e. The van der Waals surface area contributed by atoms with Crippen LogP contribution < -0.4 is 15.5 Å². The molecule has 0 spiro atoms. The maximum atomic E-state index is 11.9. The van der Waals surface area contributed by atoms with Crippen molar-refractivity contribution < 1.29 is 4.79 Å². The van der Waals surface area contributed by atoms with Gasteiger partial charge in [-0.3, -0.25) is 4.79 Å². The third-order valence-corrected chi connectivity index (χ3v) is 5.50. The van der Waals surface area contributed by atoms with Crippen LogP contribution in [0.4, 0.5) is 5.69 Å². The summed E-state index contributed by atoms with van der Waals surface area (Å²) in [6, 6.07) is 8.22. The molecule has 0 radical (unpaired) electrons. The highest BCUT2D eigenvalue weighted by molar-refractivity contribution is 14.0. The van der Waals surface area contributed by atoms with E-state index in [1.54, 1.807) is 0 Å². The van der Waals surface area contributed by atoms with Crippen molar-refractivity contribution in [3.63, 3.8) is 0 Å². The molecule has 29 heavy (non-hydrogen) atoms. The topological polar surface area (TPSA) is 60.0 Å². The highest BCUT2D eigenvalue weighted by Gasteiger charge is 2.21. The van der Waals surface area contributed by atoms with Crippen LogP contribution in [0.2, 0.25) is 0 Å². The van der Waals surface area contributed by atoms with Gasteiger partial charge in [0.1, 0.15) is 0 Å². The lowest BCUT2D eigenvalue weighted by Gasteiger charge is -2.20. The zero-order valence-corrected chi connectivity index (χ0v) is 20.0. The fourth-order valence-electron chi connectivity index (χ4n) is 3.91. The van der Waals surface area contributed by atoms with Gasteiger partial charge in [0.2, 0.25) is 5.91 Å². The van der Waals surface area contributed by atoms with Gasteiger partial charge in [-0.25, -0.2) is 4.99 Å². The maximum Gasteiger partial charge on any atom is 0.227 e. The predicted octanol–water partition coefficient (Wildman–Crippen LogP) is 3.36. The Morgan fingerprint density at radius 1 is 1.00 bits per heavy atom. The highest BCUT2D eigenvalue weighted by Crippen LogP contribution is 2.21. The first-order chi connectivity index (χ1) is 13.8. The summed E-state index contributed by atoms with van der Waals surface area (Å²) >= 11 is 0. The lowest BCUT2D eigenvalue weighted by atomic mass is 10.2. The first kappa shape index (κ1) is 23.9. The molecule has 0 unspecified atom stereocenters. The number of aliphatic imine (C=N–C) groups is 1. The summed E-state index contributed by atoms with van der Waals surface area (Å²) < 4.78 is 0. The van der Waals surface area contributed by atoms with Crippen LogP contribution in [0.5, 0.6) is 0 Å². The number of hydrogen-bond donors (Lipinski definition) is 2. The van der Waals surface area contributed by atoms with E-state index in [1.165, 1.54) is 38.8 Å². The average Bonchev–Trinajstić information content (AvgIpc) is 2.97. The molecule has 2 saturated heterocycles. The molecule has 3 rings (SSSR count). The van der Waals surface area contributed by atoms with Crippen LogP contribution in [0.15, 0.2) is 29.3 Å². The van der Waals surface area contributed by atoms with Gasteiger partial charge in [-0.1, -0.05) is 25.0 Å². The number of halogens is 1. The van der Waals surface area contributed by atoms with Crippen LogP contribution in [0.3, 0.4) is 0 Å². The Bertz CT molecular complexity index is 641. The quantitative estimate of drug-likeness (QED) is 0.334. The third-order valence-electron chi connectivity index (χ3n) is 5.50. The molecule has 0 bridgehead atoms. The fourth-order valence-corrected chi connectivity index (χ4v) is 3.91. The number of hydrogen-bond acceptors (Lipinski definition) is 3. The lowest BCUT2D eigenvalue weighted by Crippen LogP contribution is -2.41. The number of nitrogens with one attached hydrogen (secondary N) is 2. The summed E-state index contributed by atoms with van der Waals surface area (Å²) in [6.45, 7) is 8.85. The van der Waals surface area contributed by atoms with Crippen LogP contribution in [-0.4, -0.2) is 56.0 Å². The molecule has 0 aliphatic carbocycles. The van der Waals surface area contributed by atoms with Crippen LogP contribution in [0, 0.1) is 0 Å². The first-order valence-corrected chi connectivity index (χ1v) is 10.9. The van der Waals surface area contributed by atoms with E-state index in [2.05, 4.69) is 34.6 Å². The van der Waals surface area contributed by atoms with Crippen LogP contribution in [0.1, 0.15) is 51.0 Å². The zero-order valence-electron chi connectivity index (χ0n) is 17.7. The number of guanidine groups is 1. The Balaban J connectivity index is 0.00000300. The summed E-state index contributed by atoms with van der Waals surface area (Å²) in [6.07, 6.45) is 7.03. The minimum atomic E-state index is 0. The van der Waals surface area contributed by atoms with Gasteiger partial charge in [0.05, 0.1) is 6.54 Å². The van der Waals surface area contributed by atoms with E-state index in [4.69, 9.17) is 4.99 Å². The molecule has 6 nitrogen and oxygen atoms in total. The van der Waals surface area contributed by atoms with Crippen LogP contribution in [0.25, 0.3) is 0 Å². The molecule has 7 heteroatoms. The second-order valence-corrected chi connectivity index (χ2v) is 7.69. The number of nitrogens with zero attached hydrogens (tertiary/aromatic N) is 3. The summed E-state index contributed by atoms with van der Waals surface area (Å²) in [5, 5.41) is 6.80. The molecule has 162 valence electrons. The van der Waals surface area contributed by atoms with Crippen molar-refractivity contribution >= 4 is 41.5 Å². The van der Waals surface area contributed by atoms with Crippen LogP contribution in [-0.2, 0) is 11.3 Å². The number of amides is 1. The van der Waals surface area contributed by atoms with E-state index in [1.807, 2.05) is 17.0 Å². The zero-order chi connectivity index (χ0) is 19.6. The van der Waals surface area contributed by atoms with Gasteiger partial charge in [0, 0.05) is 38.3 Å². The third kappa shape index (κ3) is 7.77. The molecule has 1 aromatic carbocycles. The van der Waals surface area contributed by atoms with Crippen molar-refractivity contribution in [2.24, 2.45) is 4.99 Å². The Morgan fingerprint density at radius 2 is 1.72 bits per heavy atom. The lowest BCUT2D eigenvalue weighted by molar-refractivity contribution is -0.117. The maximum absolute atomic E-state index is 11.9. The summed E-state index contributed by atoms with van der Waals surface area (Å²) in [5.74, 6) is 1.10. The molecule has 1 amide bonds. The van der Waals surface area contributed by atoms with E-state index in [9.17, 15) is 4.79 Å². The Morgan fingerprint density at radius 3 is 2.34 bits per heavy atom. The molecule has 0 aromatic heterocycles. The summed E-state index contributed by atoms with van der Waals surface area (Å²) in [4.78, 5) is 21.0. The second kappa shape index (κ2) is 13.1. The Labute approximate surface area is 192 Å².